The number of fused-ring (bicyclic) bond motifs is 2. The minimum Gasteiger partial charge on any atom is -0.466 e. The molecule has 0 fully saturated rings. The molecule has 2 aromatic heterocycles. The summed E-state index contributed by atoms with van der Waals surface area (Å²) in [5, 5.41) is 23.3. The number of H-pyrrole nitrogens is 2. The minimum absolute atomic E-state index is 0. The highest BCUT2D eigenvalue weighted by atomic mass is 32.8. The van der Waals surface area contributed by atoms with Crippen LogP contribution in [0.25, 0.3) is 21.8 Å². The molecule has 2 heterocycles. The number of allylic oxidation sites excluding steroid dienone is 2. The maximum atomic E-state index is 11.0. The van der Waals surface area contributed by atoms with Crippen LogP contribution >= 0.6 is 0 Å². The summed E-state index contributed by atoms with van der Waals surface area (Å²) in [5.41, 5.74) is 5.82. The van der Waals surface area contributed by atoms with Gasteiger partial charge in [-0.2, -0.15) is 0 Å². The molecule has 0 radical (unpaired) electrons. The van der Waals surface area contributed by atoms with Crippen LogP contribution in [-0.2, 0) is 54.3 Å². The zero-order valence-electron chi connectivity index (χ0n) is 24.6. The predicted molar refractivity (Wildman–Crippen MR) is 182 cm³/mol. The van der Waals surface area contributed by atoms with Crippen molar-refractivity contribution in [3.63, 3.8) is 0 Å². The quantitative estimate of drug-likeness (QED) is 0.0680. The van der Waals surface area contributed by atoms with Crippen molar-refractivity contribution < 1.29 is 28.9 Å². The molecule has 0 aliphatic heterocycles. The van der Waals surface area contributed by atoms with Gasteiger partial charge in [0.15, 0.2) is 0 Å². The number of hydrogen-bond acceptors (Lipinski definition) is 10. The molecule has 0 saturated heterocycles. The number of methoxy groups -OCH3 is 2. The molecule has 0 atom stereocenters. The number of non-ortho nitro benzene ring substituents is 2. The second-order valence-corrected chi connectivity index (χ2v) is 8.78. The smallest absolute Gasteiger partial charge is 0.330 e. The van der Waals surface area contributed by atoms with Crippen molar-refractivity contribution in [2.75, 3.05) is 14.2 Å². The lowest BCUT2D eigenvalue weighted by atomic mass is 10.1. The van der Waals surface area contributed by atoms with E-state index in [4.69, 9.17) is 0 Å². The van der Waals surface area contributed by atoms with Crippen LogP contribution in [0.3, 0.4) is 0 Å². The maximum Gasteiger partial charge on any atom is 0.330 e. The number of hydrogen-bond donors (Lipinski definition) is 2. The van der Waals surface area contributed by atoms with Crippen molar-refractivity contribution in [1.82, 2.24) is 9.97 Å². The lowest BCUT2D eigenvalue weighted by Crippen LogP contribution is -1.94. The molecule has 14 heteroatoms. The van der Waals surface area contributed by atoms with Crippen molar-refractivity contribution >= 4 is 67.5 Å². The largest absolute Gasteiger partial charge is 0.466 e. The normalized spacial score (nSPS) is 9.69. The number of carbonyl (C=O) groups excluding carboxylic acids is 2. The number of nitrogens with zero attached hydrogens (tertiary/aromatic N) is 2. The van der Waals surface area contributed by atoms with E-state index in [0.717, 1.165) is 56.8 Å². The fourth-order valence-corrected chi connectivity index (χ4v) is 4.08. The van der Waals surface area contributed by atoms with Crippen LogP contribution in [0.5, 0.6) is 0 Å². The zero-order valence-corrected chi connectivity index (χ0v) is 26.2. The van der Waals surface area contributed by atoms with Gasteiger partial charge in [0.25, 0.3) is 11.4 Å². The van der Waals surface area contributed by atoms with Gasteiger partial charge < -0.3 is 19.4 Å². The minimum atomic E-state index is -0.424. The van der Waals surface area contributed by atoms with Crippen molar-refractivity contribution in [1.29, 1.82) is 0 Å². The number of esters is 2. The topological polar surface area (TPSA) is 170 Å². The SMILES string of the molecule is C.C=CC(=O)OC.C=CCc1c(C)[nH]c2cc([N+](=O)[O-])ccc12.COC(=O)/C=C/Cc1c(C)[nH]c2cc([N+](=O)[O-])ccc12.S=S. The van der Waals surface area contributed by atoms with E-state index in [1.165, 1.54) is 38.5 Å². The molecular weight excluding hydrogens is 620 g/mol. The Labute approximate surface area is 270 Å². The van der Waals surface area contributed by atoms with Gasteiger partial charge in [-0.3, -0.25) is 20.2 Å². The highest BCUT2D eigenvalue weighted by Gasteiger charge is 2.13. The second-order valence-electron chi connectivity index (χ2n) is 8.78. The summed E-state index contributed by atoms with van der Waals surface area (Å²) in [7, 11) is 2.63. The summed E-state index contributed by atoms with van der Waals surface area (Å²) in [5.74, 6) is -0.798. The van der Waals surface area contributed by atoms with E-state index in [2.05, 4.69) is 55.0 Å². The average Bonchev–Trinajstić information content (AvgIpc) is 3.51. The van der Waals surface area contributed by atoms with Gasteiger partial charge in [0.2, 0.25) is 0 Å². The number of carbonyl (C=O) groups is 2. The summed E-state index contributed by atoms with van der Waals surface area (Å²) in [4.78, 5) is 47.7. The molecule has 0 unspecified atom stereocenters. The molecule has 0 spiro atoms. The zero-order chi connectivity index (χ0) is 33.4. The van der Waals surface area contributed by atoms with Crippen LogP contribution in [0.15, 0.2) is 73.9 Å². The molecule has 4 rings (SSSR count). The number of aromatic nitrogens is 2. The van der Waals surface area contributed by atoms with E-state index in [1.807, 2.05) is 19.9 Å². The molecule has 2 N–H and O–H groups in total. The Balaban J connectivity index is 0.000000694. The van der Waals surface area contributed by atoms with E-state index in [9.17, 15) is 29.8 Å². The molecule has 0 bridgehead atoms. The number of aryl methyl sites for hydroxylation is 2. The molecule has 0 amide bonds. The van der Waals surface area contributed by atoms with Crippen LogP contribution in [0, 0.1) is 34.1 Å². The molecule has 240 valence electrons. The molecule has 2 aromatic carbocycles. The fraction of sp³-hybridized carbons (Fsp3) is 0.226. The van der Waals surface area contributed by atoms with Crippen molar-refractivity contribution in [3.8, 4) is 0 Å². The Morgan fingerprint density at radius 2 is 1.24 bits per heavy atom. The third-order valence-electron chi connectivity index (χ3n) is 6.12. The van der Waals surface area contributed by atoms with Gasteiger partial charge in [-0.15, -0.1) is 6.58 Å². The maximum absolute atomic E-state index is 11.0. The Kier molecular flexibility index (Phi) is 17.7. The standard InChI is InChI=1S/C14H14N2O4.C12H12N2O2.C4H6O2.CH4.S2/c1-9-11(4-3-5-14(17)20-2)12-7-6-10(16(18)19)8-13(12)15-9;1-3-4-10-8(2)13-12-7-9(14(15)16)5-6-11(10)12;1-3-4(5)6-2;;1-2/h3,5-8,15H,4H2,1-2H3;3,5-7,13H,1,4H2,2H3;3H,1H2,2H3;1H4;/b5-3+;;;;. The third-order valence-corrected chi connectivity index (χ3v) is 6.12. The monoisotopic (exact) mass is 656 g/mol. The molecule has 45 heavy (non-hydrogen) atoms. The van der Waals surface area contributed by atoms with E-state index in [1.54, 1.807) is 24.3 Å². The molecular formula is C31H36N4O8S2. The van der Waals surface area contributed by atoms with Crippen molar-refractivity contribution in [2.45, 2.75) is 34.1 Å². The van der Waals surface area contributed by atoms with Crippen LogP contribution in [0.1, 0.15) is 29.9 Å². The summed E-state index contributed by atoms with van der Waals surface area (Å²) in [6, 6.07) is 9.59. The fourth-order valence-electron chi connectivity index (χ4n) is 4.08. The van der Waals surface area contributed by atoms with Gasteiger partial charge in [0.1, 0.15) is 0 Å². The van der Waals surface area contributed by atoms with E-state index < -0.39 is 16.9 Å². The molecule has 0 saturated carbocycles. The number of aromatic amines is 2. The predicted octanol–water partition coefficient (Wildman–Crippen LogP) is 6.75. The van der Waals surface area contributed by atoms with Gasteiger partial charge in [-0.1, -0.05) is 26.2 Å². The molecule has 12 nitrogen and oxygen atoms in total. The van der Waals surface area contributed by atoms with E-state index in [0.29, 0.717) is 6.42 Å². The van der Waals surface area contributed by atoms with Crippen LogP contribution in [-0.4, -0.2) is 46.0 Å². The Morgan fingerprint density at radius 1 is 0.822 bits per heavy atom. The Bertz CT molecular complexity index is 1690. The van der Waals surface area contributed by atoms with Gasteiger partial charge in [0.05, 0.1) is 35.1 Å². The first kappa shape index (κ1) is 39.9. The number of benzene rings is 2. The van der Waals surface area contributed by atoms with Crippen LogP contribution in [0.4, 0.5) is 11.4 Å². The first-order valence-corrected chi connectivity index (χ1v) is 14.0. The summed E-state index contributed by atoms with van der Waals surface area (Å²) < 4.78 is 8.66. The first-order chi connectivity index (χ1) is 21.0. The summed E-state index contributed by atoms with van der Waals surface area (Å²) in [6.07, 6.45) is 7.34. The Hall–Kier alpha value is -5.08. The Morgan fingerprint density at radius 3 is 1.58 bits per heavy atom. The molecule has 0 aliphatic rings. The third kappa shape index (κ3) is 11.5. The average molecular weight is 657 g/mol. The molecule has 4 aromatic rings. The van der Waals surface area contributed by atoms with Gasteiger partial charge in [-0.05, 0) is 49.9 Å². The van der Waals surface area contributed by atoms with E-state index in [-0.39, 0.29) is 23.7 Å². The number of ether oxygens (including phenoxy) is 2. The number of nitro groups is 2. The molecule has 0 aliphatic carbocycles. The van der Waals surface area contributed by atoms with Gasteiger partial charge >= 0.3 is 11.9 Å². The van der Waals surface area contributed by atoms with Crippen LogP contribution in [0.2, 0.25) is 0 Å². The lowest BCUT2D eigenvalue weighted by Gasteiger charge is -1.97. The van der Waals surface area contributed by atoms with Gasteiger partial charge in [-0.25, -0.2) is 9.59 Å². The first-order valence-electron chi connectivity index (χ1n) is 12.7. The van der Waals surface area contributed by atoms with Gasteiger partial charge in [0, 0.05) is 81.0 Å². The highest BCUT2D eigenvalue weighted by Crippen LogP contribution is 2.27. The number of nitrogens with one attached hydrogen (secondary N) is 2. The lowest BCUT2D eigenvalue weighted by molar-refractivity contribution is -0.384. The summed E-state index contributed by atoms with van der Waals surface area (Å²) >= 11 is 7.33. The van der Waals surface area contributed by atoms with E-state index >= 15 is 0 Å². The second kappa shape index (κ2) is 20.0. The van der Waals surface area contributed by atoms with Crippen LogP contribution < -0.4 is 0 Å². The van der Waals surface area contributed by atoms with Crippen molar-refractivity contribution in [3.05, 3.63) is 117 Å². The number of rotatable bonds is 8. The number of nitro benzene ring substituents is 2. The highest BCUT2D eigenvalue weighted by molar-refractivity contribution is 8.07. The summed E-state index contributed by atoms with van der Waals surface area (Å²) in [6.45, 7) is 10.7. The van der Waals surface area contributed by atoms with Crippen molar-refractivity contribution in [2.24, 2.45) is 0 Å².